The van der Waals surface area contributed by atoms with Gasteiger partial charge in [-0.05, 0) is 35.7 Å². The van der Waals surface area contributed by atoms with Crippen molar-refractivity contribution in [1.29, 1.82) is 0 Å². The zero-order chi connectivity index (χ0) is 22.4. The fourth-order valence-corrected chi connectivity index (χ4v) is 3.59. The highest BCUT2D eigenvalue weighted by Gasteiger charge is 2.16. The van der Waals surface area contributed by atoms with Gasteiger partial charge in [-0.25, -0.2) is 0 Å². The van der Waals surface area contributed by atoms with Gasteiger partial charge < -0.3 is 15.2 Å². The van der Waals surface area contributed by atoms with Crippen molar-refractivity contribution < 1.29 is 9.59 Å². The highest BCUT2D eigenvalue weighted by atomic mass is 32.2. The first-order valence-electron chi connectivity index (χ1n) is 9.84. The molecule has 31 heavy (non-hydrogen) atoms. The van der Waals surface area contributed by atoms with Crippen LogP contribution in [0.1, 0.15) is 27.2 Å². The second kappa shape index (κ2) is 9.74. The molecule has 3 rings (SSSR count). The van der Waals surface area contributed by atoms with Crippen LogP contribution in [-0.2, 0) is 16.6 Å². The van der Waals surface area contributed by atoms with Crippen molar-refractivity contribution >= 4 is 35.0 Å². The minimum Gasteiger partial charge on any atom is -0.326 e. The third kappa shape index (κ3) is 6.65. The van der Waals surface area contributed by atoms with E-state index in [1.54, 1.807) is 36.7 Å². The van der Waals surface area contributed by atoms with Gasteiger partial charge in [0.05, 0.1) is 5.75 Å². The van der Waals surface area contributed by atoms with E-state index < -0.39 is 0 Å². The Morgan fingerprint density at radius 3 is 2.29 bits per heavy atom. The second-order valence-corrected chi connectivity index (χ2v) is 9.25. The van der Waals surface area contributed by atoms with Gasteiger partial charge in [-0.3, -0.25) is 14.6 Å². The highest BCUT2D eigenvalue weighted by molar-refractivity contribution is 7.99. The summed E-state index contributed by atoms with van der Waals surface area (Å²) >= 11 is 1.30. The lowest BCUT2D eigenvalue weighted by molar-refractivity contribution is -0.118. The average Bonchev–Trinajstić information content (AvgIpc) is 3.06. The van der Waals surface area contributed by atoms with E-state index in [2.05, 4.69) is 25.8 Å². The first kappa shape index (κ1) is 22.5. The molecule has 2 aromatic heterocycles. The monoisotopic (exact) mass is 438 g/mol. The topological polar surface area (TPSA) is 102 Å². The van der Waals surface area contributed by atoms with Crippen molar-refractivity contribution in [1.82, 2.24) is 19.7 Å². The number of benzene rings is 1. The van der Waals surface area contributed by atoms with E-state index in [9.17, 15) is 9.59 Å². The number of hydrogen-bond acceptors (Lipinski definition) is 6. The Balaban J connectivity index is 1.56. The van der Waals surface area contributed by atoms with E-state index in [4.69, 9.17) is 0 Å². The molecule has 0 saturated carbocycles. The quantitative estimate of drug-likeness (QED) is 0.541. The summed E-state index contributed by atoms with van der Waals surface area (Å²) < 4.78 is 1.85. The van der Waals surface area contributed by atoms with Crippen LogP contribution in [0.4, 0.5) is 11.4 Å². The third-order valence-corrected chi connectivity index (χ3v) is 5.25. The van der Waals surface area contributed by atoms with Crippen molar-refractivity contribution in [3.8, 4) is 11.4 Å². The van der Waals surface area contributed by atoms with Gasteiger partial charge in [0.25, 0.3) is 0 Å². The number of carbonyl (C=O) groups is 2. The number of nitrogens with zero attached hydrogens (tertiary/aromatic N) is 4. The van der Waals surface area contributed by atoms with Gasteiger partial charge in [-0.15, -0.1) is 10.2 Å². The predicted molar refractivity (Wildman–Crippen MR) is 123 cm³/mol. The molecule has 1 aromatic carbocycles. The molecule has 0 unspecified atom stereocenters. The molecule has 0 radical (unpaired) electrons. The summed E-state index contributed by atoms with van der Waals surface area (Å²) in [5.74, 6) is 0.669. The Labute approximate surface area is 185 Å². The summed E-state index contributed by atoms with van der Waals surface area (Å²) in [7, 11) is 1.86. The summed E-state index contributed by atoms with van der Waals surface area (Å²) in [6.07, 6.45) is 3.81. The normalized spacial score (nSPS) is 11.2. The van der Waals surface area contributed by atoms with Gasteiger partial charge in [0.1, 0.15) is 0 Å². The number of thioether (sulfide) groups is 1. The van der Waals surface area contributed by atoms with Crippen LogP contribution < -0.4 is 10.6 Å². The summed E-state index contributed by atoms with van der Waals surface area (Å²) in [5, 5.41) is 14.8. The molecule has 0 fully saturated rings. The minimum atomic E-state index is -0.170. The summed E-state index contributed by atoms with van der Waals surface area (Å²) in [6.45, 7) is 6.04. The van der Waals surface area contributed by atoms with E-state index in [0.717, 1.165) is 5.56 Å². The van der Waals surface area contributed by atoms with Gasteiger partial charge >= 0.3 is 0 Å². The van der Waals surface area contributed by atoms with E-state index in [-0.39, 0.29) is 23.0 Å². The van der Waals surface area contributed by atoms with Gasteiger partial charge in [0.15, 0.2) is 11.0 Å². The van der Waals surface area contributed by atoms with Crippen molar-refractivity contribution in [2.45, 2.75) is 32.3 Å². The molecule has 9 heteroatoms. The van der Waals surface area contributed by atoms with E-state index in [1.165, 1.54) is 11.8 Å². The lowest BCUT2D eigenvalue weighted by Gasteiger charge is -2.17. The van der Waals surface area contributed by atoms with Crippen LogP contribution in [0.5, 0.6) is 0 Å². The SMILES string of the molecule is Cn1c(SCC(=O)Nc2cccc(NC(=O)CC(C)(C)C)c2)nnc1-c1ccncc1. The highest BCUT2D eigenvalue weighted by Crippen LogP contribution is 2.23. The second-order valence-electron chi connectivity index (χ2n) is 8.30. The van der Waals surface area contributed by atoms with Crippen LogP contribution in [0.2, 0.25) is 0 Å². The molecule has 162 valence electrons. The number of amides is 2. The molecule has 8 nitrogen and oxygen atoms in total. The molecule has 0 atom stereocenters. The van der Waals surface area contributed by atoms with Crippen molar-refractivity contribution in [2.75, 3.05) is 16.4 Å². The molecule has 0 aliphatic carbocycles. The Hall–Kier alpha value is -3.20. The van der Waals surface area contributed by atoms with Crippen LogP contribution in [0.3, 0.4) is 0 Å². The molecule has 2 N–H and O–H groups in total. The maximum Gasteiger partial charge on any atom is 0.234 e. The van der Waals surface area contributed by atoms with Crippen LogP contribution in [0, 0.1) is 5.41 Å². The number of rotatable bonds is 7. The van der Waals surface area contributed by atoms with E-state index in [0.29, 0.717) is 28.8 Å². The zero-order valence-corrected chi connectivity index (χ0v) is 18.9. The first-order chi connectivity index (χ1) is 14.7. The molecule has 0 aliphatic rings. The number of carbonyl (C=O) groups excluding carboxylic acids is 2. The number of anilines is 2. The third-order valence-electron chi connectivity index (χ3n) is 4.23. The van der Waals surface area contributed by atoms with Gasteiger partial charge in [-0.2, -0.15) is 0 Å². The molecule has 3 aromatic rings. The summed E-state index contributed by atoms with van der Waals surface area (Å²) in [6, 6.07) is 10.8. The molecular weight excluding hydrogens is 412 g/mol. The largest absolute Gasteiger partial charge is 0.326 e. The number of aromatic nitrogens is 4. The standard InChI is InChI=1S/C22H26N6O2S/c1-22(2,3)13-18(29)24-16-6-5-7-17(12-16)25-19(30)14-31-21-27-26-20(28(21)4)15-8-10-23-11-9-15/h5-12H,13-14H2,1-4H3,(H,24,29)(H,25,30). The Kier molecular flexibility index (Phi) is 7.06. The Bertz CT molecular complexity index is 1060. The smallest absolute Gasteiger partial charge is 0.234 e. The predicted octanol–water partition coefficient (Wildman–Crippen LogP) is 3.98. The number of hydrogen-bond donors (Lipinski definition) is 2. The maximum absolute atomic E-state index is 12.4. The lowest BCUT2D eigenvalue weighted by Crippen LogP contribution is -2.20. The molecule has 2 amide bonds. The first-order valence-corrected chi connectivity index (χ1v) is 10.8. The average molecular weight is 439 g/mol. The molecule has 0 saturated heterocycles. The van der Waals surface area contributed by atoms with E-state index >= 15 is 0 Å². The number of nitrogens with one attached hydrogen (secondary N) is 2. The van der Waals surface area contributed by atoms with Gasteiger partial charge in [0, 0.05) is 42.8 Å². The molecule has 0 bridgehead atoms. The zero-order valence-electron chi connectivity index (χ0n) is 18.0. The van der Waals surface area contributed by atoms with Crippen LogP contribution in [0.15, 0.2) is 53.9 Å². The molecular formula is C22H26N6O2S. The van der Waals surface area contributed by atoms with Crippen LogP contribution in [-0.4, -0.2) is 37.3 Å². The van der Waals surface area contributed by atoms with Crippen LogP contribution in [0.25, 0.3) is 11.4 Å². The lowest BCUT2D eigenvalue weighted by atomic mass is 9.92. The van der Waals surface area contributed by atoms with Gasteiger partial charge in [-0.1, -0.05) is 38.6 Å². The molecule has 0 spiro atoms. The summed E-state index contributed by atoms with van der Waals surface area (Å²) in [5.41, 5.74) is 2.08. The van der Waals surface area contributed by atoms with Crippen LogP contribution >= 0.6 is 11.8 Å². The Morgan fingerprint density at radius 2 is 1.65 bits per heavy atom. The van der Waals surface area contributed by atoms with Crippen molar-refractivity contribution in [3.05, 3.63) is 48.8 Å². The Morgan fingerprint density at radius 1 is 1.00 bits per heavy atom. The van der Waals surface area contributed by atoms with Gasteiger partial charge in [0.2, 0.25) is 11.8 Å². The molecule has 0 aliphatic heterocycles. The number of pyridine rings is 1. The van der Waals surface area contributed by atoms with Crippen molar-refractivity contribution in [3.63, 3.8) is 0 Å². The van der Waals surface area contributed by atoms with E-state index in [1.807, 2.05) is 44.5 Å². The molecule has 2 heterocycles. The fourth-order valence-electron chi connectivity index (χ4n) is 2.88. The van der Waals surface area contributed by atoms with Crippen molar-refractivity contribution in [2.24, 2.45) is 12.5 Å². The maximum atomic E-state index is 12.4. The fraction of sp³-hybridized carbons (Fsp3) is 0.318. The minimum absolute atomic E-state index is 0.0567. The summed E-state index contributed by atoms with van der Waals surface area (Å²) in [4.78, 5) is 28.6.